The SMILES string of the molecule is CC(C)(C)Cc1noc2nc(C3CC3)cc(C(=O)NCCc3nccn3C(F)F)c12. The number of alkyl halides is 2. The number of imidazole rings is 1. The number of carbonyl (C=O) groups is 1. The second-order valence-corrected chi connectivity index (χ2v) is 8.95. The number of hydrogen-bond donors (Lipinski definition) is 1. The molecule has 160 valence electrons. The zero-order chi connectivity index (χ0) is 21.5. The van der Waals surface area contributed by atoms with Crippen LogP contribution in [-0.4, -0.2) is 32.1 Å². The summed E-state index contributed by atoms with van der Waals surface area (Å²) in [5, 5.41) is 7.64. The number of carbonyl (C=O) groups excluding carboxylic acids is 1. The molecule has 3 aromatic rings. The summed E-state index contributed by atoms with van der Waals surface area (Å²) in [4.78, 5) is 21.6. The minimum atomic E-state index is -2.66. The lowest BCUT2D eigenvalue weighted by Crippen LogP contribution is -2.27. The zero-order valence-corrected chi connectivity index (χ0v) is 17.3. The lowest BCUT2D eigenvalue weighted by atomic mass is 9.89. The molecule has 4 rings (SSSR count). The van der Waals surface area contributed by atoms with Gasteiger partial charge in [0.15, 0.2) is 0 Å². The number of amides is 1. The number of rotatable bonds is 7. The van der Waals surface area contributed by atoms with Crippen LogP contribution < -0.4 is 5.32 Å². The molecule has 0 unspecified atom stereocenters. The number of nitrogens with one attached hydrogen (secondary N) is 1. The summed E-state index contributed by atoms with van der Waals surface area (Å²) in [6, 6.07) is 1.82. The maximum atomic E-state index is 13.0. The van der Waals surface area contributed by atoms with Crippen molar-refractivity contribution in [1.29, 1.82) is 0 Å². The van der Waals surface area contributed by atoms with Gasteiger partial charge in [-0.05, 0) is 30.7 Å². The third kappa shape index (κ3) is 4.34. The summed E-state index contributed by atoms with van der Waals surface area (Å²) in [6.45, 7) is 3.79. The van der Waals surface area contributed by atoms with Crippen molar-refractivity contribution in [2.45, 2.75) is 58.9 Å². The van der Waals surface area contributed by atoms with Crippen molar-refractivity contribution in [3.8, 4) is 0 Å². The van der Waals surface area contributed by atoms with Crippen LogP contribution in [0.15, 0.2) is 23.0 Å². The molecule has 1 amide bonds. The first-order valence-electron chi connectivity index (χ1n) is 10.1. The molecule has 1 saturated carbocycles. The molecule has 1 N–H and O–H groups in total. The van der Waals surface area contributed by atoms with Crippen LogP contribution in [0.4, 0.5) is 8.78 Å². The fraction of sp³-hybridized carbons (Fsp3) is 0.524. The molecular weight excluding hydrogens is 392 g/mol. The number of hydrogen-bond acceptors (Lipinski definition) is 5. The number of nitrogens with zero attached hydrogens (tertiary/aromatic N) is 4. The van der Waals surface area contributed by atoms with Crippen LogP contribution in [0.5, 0.6) is 0 Å². The van der Waals surface area contributed by atoms with Gasteiger partial charge in [-0.2, -0.15) is 8.78 Å². The molecule has 30 heavy (non-hydrogen) atoms. The van der Waals surface area contributed by atoms with E-state index >= 15 is 0 Å². The zero-order valence-electron chi connectivity index (χ0n) is 17.3. The van der Waals surface area contributed by atoms with E-state index < -0.39 is 6.55 Å². The minimum absolute atomic E-state index is 0.0426. The van der Waals surface area contributed by atoms with Crippen molar-refractivity contribution in [1.82, 2.24) is 25.0 Å². The normalized spacial score (nSPS) is 14.6. The quantitative estimate of drug-likeness (QED) is 0.621. The Kier molecular flexibility index (Phi) is 5.29. The fourth-order valence-electron chi connectivity index (χ4n) is 3.52. The van der Waals surface area contributed by atoms with Gasteiger partial charge in [0.2, 0.25) is 0 Å². The molecule has 9 heteroatoms. The van der Waals surface area contributed by atoms with Crippen molar-refractivity contribution < 1.29 is 18.1 Å². The number of fused-ring (bicyclic) bond motifs is 1. The van der Waals surface area contributed by atoms with Crippen LogP contribution in [-0.2, 0) is 12.8 Å². The van der Waals surface area contributed by atoms with Crippen LogP contribution in [0, 0.1) is 5.41 Å². The smallest absolute Gasteiger partial charge is 0.319 e. The molecule has 0 saturated heterocycles. The summed E-state index contributed by atoms with van der Waals surface area (Å²) in [7, 11) is 0. The van der Waals surface area contributed by atoms with Crippen LogP contribution in [0.25, 0.3) is 11.1 Å². The molecule has 7 nitrogen and oxygen atoms in total. The predicted molar refractivity (Wildman–Crippen MR) is 106 cm³/mol. The Labute approximate surface area is 172 Å². The van der Waals surface area contributed by atoms with Crippen LogP contribution in [0.3, 0.4) is 0 Å². The first-order valence-corrected chi connectivity index (χ1v) is 10.1. The van der Waals surface area contributed by atoms with Crippen molar-refractivity contribution in [3.63, 3.8) is 0 Å². The third-order valence-electron chi connectivity index (χ3n) is 5.07. The number of pyridine rings is 1. The van der Waals surface area contributed by atoms with Crippen LogP contribution in [0.2, 0.25) is 0 Å². The molecule has 3 aromatic heterocycles. The maximum Gasteiger partial charge on any atom is 0.319 e. The minimum Gasteiger partial charge on any atom is -0.352 e. The van der Waals surface area contributed by atoms with Gasteiger partial charge in [0, 0.05) is 37.0 Å². The van der Waals surface area contributed by atoms with Gasteiger partial charge in [0.25, 0.3) is 11.6 Å². The average Bonchev–Trinajstić information content (AvgIpc) is 3.29. The van der Waals surface area contributed by atoms with Gasteiger partial charge in [0.05, 0.1) is 16.6 Å². The Bertz CT molecular complexity index is 1060. The number of halogens is 2. The van der Waals surface area contributed by atoms with Gasteiger partial charge in [-0.15, -0.1) is 0 Å². The molecule has 0 radical (unpaired) electrons. The van der Waals surface area contributed by atoms with Crippen molar-refractivity contribution in [2.75, 3.05) is 6.54 Å². The van der Waals surface area contributed by atoms with Gasteiger partial charge < -0.3 is 9.84 Å². The first kappa shape index (κ1) is 20.4. The van der Waals surface area contributed by atoms with E-state index in [2.05, 4.69) is 41.2 Å². The van der Waals surface area contributed by atoms with E-state index in [1.807, 2.05) is 6.07 Å². The lowest BCUT2D eigenvalue weighted by molar-refractivity contribution is 0.0670. The molecular formula is C21H25F2N5O2. The van der Waals surface area contributed by atoms with Gasteiger partial charge in [0.1, 0.15) is 5.82 Å². The van der Waals surface area contributed by atoms with Gasteiger partial charge in [-0.1, -0.05) is 25.9 Å². The highest BCUT2D eigenvalue weighted by molar-refractivity contribution is 6.06. The monoisotopic (exact) mass is 417 g/mol. The second-order valence-electron chi connectivity index (χ2n) is 8.95. The molecule has 0 aromatic carbocycles. The largest absolute Gasteiger partial charge is 0.352 e. The Morgan fingerprint density at radius 3 is 2.80 bits per heavy atom. The molecule has 0 aliphatic heterocycles. The molecule has 3 heterocycles. The molecule has 0 bridgehead atoms. The highest BCUT2D eigenvalue weighted by Crippen LogP contribution is 2.41. The Balaban J connectivity index is 1.58. The second kappa shape index (κ2) is 7.77. The fourth-order valence-corrected chi connectivity index (χ4v) is 3.52. The summed E-state index contributed by atoms with van der Waals surface area (Å²) in [5.74, 6) is 0.274. The van der Waals surface area contributed by atoms with E-state index in [9.17, 15) is 13.6 Å². The molecule has 1 aliphatic rings. The van der Waals surface area contributed by atoms with Gasteiger partial charge >= 0.3 is 6.55 Å². The summed E-state index contributed by atoms with van der Waals surface area (Å²) < 4.78 is 32.2. The molecule has 1 fully saturated rings. The van der Waals surface area contributed by atoms with E-state index in [0.717, 1.165) is 23.1 Å². The van der Waals surface area contributed by atoms with Crippen LogP contribution >= 0.6 is 0 Å². The Morgan fingerprint density at radius 1 is 1.37 bits per heavy atom. The highest BCUT2D eigenvalue weighted by atomic mass is 19.3. The topological polar surface area (TPSA) is 85.8 Å². The van der Waals surface area contributed by atoms with Crippen molar-refractivity contribution in [3.05, 3.63) is 41.2 Å². The summed E-state index contributed by atoms with van der Waals surface area (Å²) in [6.07, 6.45) is 5.47. The van der Waals surface area contributed by atoms with Gasteiger partial charge in [-0.3, -0.25) is 9.36 Å². The molecule has 0 atom stereocenters. The summed E-state index contributed by atoms with van der Waals surface area (Å²) in [5.41, 5.74) is 2.33. The van der Waals surface area contributed by atoms with E-state index in [0.29, 0.717) is 34.7 Å². The van der Waals surface area contributed by atoms with Crippen molar-refractivity contribution >= 4 is 17.0 Å². The van der Waals surface area contributed by atoms with E-state index in [1.165, 1.54) is 12.4 Å². The van der Waals surface area contributed by atoms with E-state index in [-0.39, 0.29) is 30.1 Å². The standard InChI is InChI=1S/C21H25F2N5O2/c1-21(2,3)11-15-17-13(10-14(12-4-5-12)26-19(17)30-27-15)18(29)25-7-6-16-24-8-9-28(16)20(22)23/h8-10,12,20H,4-7,11H2,1-3H3,(H,25,29). The predicted octanol–water partition coefficient (Wildman–Crippen LogP) is 4.25. The first-order chi connectivity index (χ1) is 14.2. The lowest BCUT2D eigenvalue weighted by Gasteiger charge is -2.16. The van der Waals surface area contributed by atoms with Gasteiger partial charge in [-0.25, -0.2) is 9.97 Å². The highest BCUT2D eigenvalue weighted by Gasteiger charge is 2.30. The maximum absolute atomic E-state index is 13.0. The number of aromatic nitrogens is 4. The van der Waals surface area contributed by atoms with E-state index in [1.54, 1.807) is 0 Å². The van der Waals surface area contributed by atoms with Crippen LogP contribution in [0.1, 0.15) is 73.7 Å². The average molecular weight is 417 g/mol. The Morgan fingerprint density at radius 2 is 2.13 bits per heavy atom. The van der Waals surface area contributed by atoms with Crippen molar-refractivity contribution in [2.24, 2.45) is 5.41 Å². The molecule has 1 aliphatic carbocycles. The summed E-state index contributed by atoms with van der Waals surface area (Å²) >= 11 is 0. The van der Waals surface area contributed by atoms with E-state index in [4.69, 9.17) is 4.52 Å². The molecule has 0 spiro atoms. The third-order valence-corrected chi connectivity index (χ3v) is 5.07. The Hall–Kier alpha value is -2.84.